The first-order chi connectivity index (χ1) is 14.6. The van der Waals surface area contributed by atoms with E-state index in [1.807, 2.05) is 13.8 Å². The Labute approximate surface area is 177 Å². The number of hydrogen-bond acceptors (Lipinski definition) is 7. The fourth-order valence-electron chi connectivity index (χ4n) is 4.49. The van der Waals surface area contributed by atoms with Crippen molar-refractivity contribution in [3.63, 3.8) is 0 Å². The summed E-state index contributed by atoms with van der Waals surface area (Å²) in [5.41, 5.74) is 4.68. The number of hydrogen-bond donors (Lipinski definition) is 4. The van der Waals surface area contributed by atoms with Crippen LogP contribution in [0.4, 0.5) is 30.2 Å². The second kappa shape index (κ2) is 7.79. The Kier molecular flexibility index (Phi) is 5.42. The van der Waals surface area contributed by atoms with Gasteiger partial charge in [-0.25, -0.2) is 9.18 Å². The summed E-state index contributed by atoms with van der Waals surface area (Å²) in [6.07, 6.45) is 0.782. The van der Waals surface area contributed by atoms with E-state index in [1.54, 1.807) is 4.90 Å². The highest BCUT2D eigenvalue weighted by atomic mass is 19.3. The Balaban J connectivity index is 1.97. The highest BCUT2D eigenvalue weighted by Gasteiger charge is 2.43. The second-order valence-electron chi connectivity index (χ2n) is 8.35. The molecule has 1 aliphatic carbocycles. The quantitative estimate of drug-likeness (QED) is 0.514. The maximum atomic E-state index is 15.6. The van der Waals surface area contributed by atoms with Gasteiger partial charge in [-0.3, -0.25) is 0 Å². The number of halogens is 3. The molecule has 0 spiro atoms. The number of carboxylic acids is 1. The lowest BCUT2D eigenvalue weighted by atomic mass is 9.92. The number of aliphatic carboxylic acids is 1. The molecule has 1 aromatic carbocycles. The molecule has 2 fully saturated rings. The average molecular weight is 442 g/mol. The van der Waals surface area contributed by atoms with Gasteiger partial charge in [-0.2, -0.15) is 8.78 Å². The molecule has 0 amide bonds. The van der Waals surface area contributed by atoms with Crippen LogP contribution in [0.25, 0.3) is 0 Å². The molecule has 170 valence electrons. The van der Waals surface area contributed by atoms with Gasteiger partial charge in [0.15, 0.2) is 11.6 Å². The number of nitrogen functional groups attached to an aromatic ring is 1. The highest BCUT2D eigenvalue weighted by molar-refractivity contribution is 5.95. The van der Waals surface area contributed by atoms with Gasteiger partial charge < -0.3 is 35.8 Å². The number of benzene rings is 1. The Morgan fingerprint density at radius 1 is 1.26 bits per heavy atom. The predicted octanol–water partition coefficient (Wildman–Crippen LogP) is 2.18. The van der Waals surface area contributed by atoms with Crippen LogP contribution >= 0.6 is 0 Å². The van der Waals surface area contributed by atoms with Gasteiger partial charge in [0.05, 0.1) is 16.9 Å². The van der Waals surface area contributed by atoms with Gasteiger partial charge in [0, 0.05) is 43.0 Å². The number of aliphatic hydroxyl groups excluding tert-OH is 1. The summed E-state index contributed by atoms with van der Waals surface area (Å²) in [6.45, 7) is 1.16. The summed E-state index contributed by atoms with van der Waals surface area (Å²) in [7, 11) is 0. The maximum absolute atomic E-state index is 15.6. The number of fused-ring (bicyclic) bond motifs is 1. The molecule has 5 N–H and O–H groups in total. The molecule has 8 nitrogen and oxygen atoms in total. The molecule has 31 heavy (non-hydrogen) atoms. The van der Waals surface area contributed by atoms with Crippen LogP contribution in [0.3, 0.4) is 0 Å². The van der Waals surface area contributed by atoms with Crippen LogP contribution in [-0.2, 0) is 4.79 Å². The molecule has 0 aromatic heterocycles. The minimum absolute atomic E-state index is 0.00645. The largest absolute Gasteiger partial charge is 0.478 e. The fraction of sp³-hybridized carbons (Fsp3) is 0.550. The maximum Gasteiger partial charge on any atom is 0.387 e. The van der Waals surface area contributed by atoms with Gasteiger partial charge in [0.2, 0.25) is 0 Å². The first-order valence-electron chi connectivity index (χ1n) is 10.1. The van der Waals surface area contributed by atoms with Crippen LogP contribution in [0.15, 0.2) is 11.8 Å². The molecule has 2 heterocycles. The average Bonchev–Trinajstić information content (AvgIpc) is 3.49. The van der Waals surface area contributed by atoms with Crippen LogP contribution in [0.5, 0.6) is 5.75 Å². The summed E-state index contributed by atoms with van der Waals surface area (Å²) >= 11 is 0. The minimum Gasteiger partial charge on any atom is -0.478 e. The number of aliphatic hydroxyl groups is 1. The number of carbonyl (C=O) groups is 1. The van der Waals surface area contributed by atoms with Crippen molar-refractivity contribution in [3.8, 4) is 5.75 Å². The van der Waals surface area contributed by atoms with Crippen molar-refractivity contribution in [2.75, 3.05) is 28.6 Å². The van der Waals surface area contributed by atoms with E-state index in [0.717, 1.165) is 0 Å². The number of alkyl halides is 2. The van der Waals surface area contributed by atoms with Gasteiger partial charge in [-0.1, -0.05) is 0 Å². The van der Waals surface area contributed by atoms with Crippen LogP contribution in [0.1, 0.15) is 38.4 Å². The van der Waals surface area contributed by atoms with Crippen molar-refractivity contribution >= 4 is 23.0 Å². The number of nitrogens with two attached hydrogens (primary N) is 1. The molecular weight excluding hydrogens is 417 g/mol. The lowest BCUT2D eigenvalue weighted by molar-refractivity contribution is -0.133. The third-order valence-electron chi connectivity index (χ3n) is 5.79. The Hall–Kier alpha value is -2.66. The summed E-state index contributed by atoms with van der Waals surface area (Å²) in [4.78, 5) is 14.7. The zero-order valence-electron chi connectivity index (χ0n) is 17.1. The van der Waals surface area contributed by atoms with E-state index < -0.39 is 41.5 Å². The van der Waals surface area contributed by atoms with E-state index in [-0.39, 0.29) is 35.1 Å². The normalized spacial score (nSPS) is 26.0. The predicted molar refractivity (Wildman–Crippen MR) is 108 cm³/mol. The van der Waals surface area contributed by atoms with Gasteiger partial charge >= 0.3 is 12.6 Å². The van der Waals surface area contributed by atoms with Crippen molar-refractivity contribution in [2.24, 2.45) is 0 Å². The van der Waals surface area contributed by atoms with Crippen molar-refractivity contribution in [3.05, 3.63) is 23.2 Å². The third-order valence-corrected chi connectivity index (χ3v) is 5.79. The minimum atomic E-state index is -3.26. The first kappa shape index (κ1) is 21.6. The van der Waals surface area contributed by atoms with Gasteiger partial charge in [0.1, 0.15) is 11.8 Å². The van der Waals surface area contributed by atoms with Crippen LogP contribution < -0.4 is 25.6 Å². The smallest absolute Gasteiger partial charge is 0.387 e. The molecule has 1 saturated carbocycles. The molecule has 1 saturated heterocycles. The zero-order valence-corrected chi connectivity index (χ0v) is 17.1. The standard InChI is InChI=1S/C20H25F3N4O4/c1-8-5-26(6-9(2)25-8)16-13(21)14(24)12-15(18(16)31-20(22)23)27(10-3-4-10)7-11(17(12)28)19(29)30/h7-10,17,20,25,28H,3-6,24H2,1-2H3,(H,29,30). The number of ether oxygens (including phenoxy) is 1. The van der Waals surface area contributed by atoms with E-state index in [1.165, 1.54) is 11.1 Å². The summed E-state index contributed by atoms with van der Waals surface area (Å²) in [5.74, 6) is -2.87. The molecule has 4 rings (SSSR count). The van der Waals surface area contributed by atoms with Crippen LogP contribution in [-0.4, -0.2) is 54.0 Å². The summed E-state index contributed by atoms with van der Waals surface area (Å²) in [5, 5.41) is 23.4. The Bertz CT molecular complexity index is 928. The van der Waals surface area contributed by atoms with Crippen LogP contribution in [0.2, 0.25) is 0 Å². The fourth-order valence-corrected chi connectivity index (χ4v) is 4.49. The lowest BCUT2D eigenvalue weighted by Gasteiger charge is -2.41. The number of piperazine rings is 1. The monoisotopic (exact) mass is 442 g/mol. The van der Waals surface area contributed by atoms with Gasteiger partial charge in [-0.15, -0.1) is 0 Å². The van der Waals surface area contributed by atoms with Crippen LogP contribution in [0, 0.1) is 5.82 Å². The van der Waals surface area contributed by atoms with E-state index in [4.69, 9.17) is 10.5 Å². The van der Waals surface area contributed by atoms with E-state index in [0.29, 0.717) is 25.9 Å². The first-order valence-corrected chi connectivity index (χ1v) is 10.1. The molecule has 1 aromatic rings. The van der Waals surface area contributed by atoms with Gasteiger partial charge in [0.25, 0.3) is 0 Å². The molecule has 3 unspecified atom stereocenters. The number of nitrogens with one attached hydrogen (secondary N) is 1. The van der Waals surface area contributed by atoms with Crippen molar-refractivity contribution in [1.29, 1.82) is 0 Å². The SMILES string of the molecule is CC1CN(c2c(F)c(N)c3c(c2OC(F)F)N(C2CC2)C=C(C(=O)O)C3O)CC(C)N1. The number of carboxylic acid groups (broad SMARTS) is 1. The molecule has 2 aliphatic heterocycles. The number of nitrogens with zero attached hydrogens (tertiary/aromatic N) is 2. The number of anilines is 3. The Morgan fingerprint density at radius 3 is 2.39 bits per heavy atom. The highest BCUT2D eigenvalue weighted by Crippen LogP contribution is 2.54. The molecule has 3 atom stereocenters. The van der Waals surface area contributed by atoms with E-state index in [2.05, 4.69) is 5.32 Å². The summed E-state index contributed by atoms with van der Waals surface area (Å²) in [6, 6.07) is -0.286. The van der Waals surface area contributed by atoms with E-state index in [9.17, 15) is 23.8 Å². The molecule has 11 heteroatoms. The zero-order chi connectivity index (χ0) is 22.6. The third kappa shape index (κ3) is 3.76. The lowest BCUT2D eigenvalue weighted by Crippen LogP contribution is -2.54. The number of rotatable bonds is 5. The summed E-state index contributed by atoms with van der Waals surface area (Å²) < 4.78 is 47.4. The Morgan fingerprint density at radius 2 is 1.87 bits per heavy atom. The molecular formula is C20H25F3N4O4. The second-order valence-corrected chi connectivity index (χ2v) is 8.35. The molecule has 0 bridgehead atoms. The van der Waals surface area contributed by atoms with Crippen molar-refractivity contribution in [2.45, 2.75) is 57.5 Å². The van der Waals surface area contributed by atoms with Crippen molar-refractivity contribution in [1.82, 2.24) is 5.32 Å². The van der Waals surface area contributed by atoms with E-state index >= 15 is 4.39 Å². The van der Waals surface area contributed by atoms with Gasteiger partial charge in [-0.05, 0) is 26.7 Å². The molecule has 3 aliphatic rings. The van der Waals surface area contributed by atoms with Crippen molar-refractivity contribution < 1.29 is 32.9 Å². The topological polar surface area (TPSA) is 111 Å². The molecule has 0 radical (unpaired) electrons.